The highest BCUT2D eigenvalue weighted by Crippen LogP contribution is 2.66. The number of ether oxygens (including phenoxy) is 1. The fourth-order valence-corrected chi connectivity index (χ4v) is 6.20. The molecule has 9 heteroatoms. The molecule has 0 aromatic heterocycles. The topological polar surface area (TPSA) is 93.8 Å². The smallest absolute Gasteiger partial charge is 0.269 e. The van der Waals surface area contributed by atoms with Crippen LogP contribution in [0.15, 0.2) is 50.4 Å². The SMILES string of the molecule is C[C@]12CCCC[C@@H]1[C@H]2C(=O)N/N=C\c1cc(Br)c(OCc2ccc([N+](=O)[O-])cc2)c(Br)c1. The Balaban J connectivity index is 1.35. The lowest BCUT2D eigenvalue weighted by atomic mass is 9.90. The van der Waals surface area contributed by atoms with Gasteiger partial charge in [0.25, 0.3) is 5.69 Å². The van der Waals surface area contributed by atoms with Crippen molar-refractivity contribution in [1.29, 1.82) is 0 Å². The number of hydrogen-bond acceptors (Lipinski definition) is 5. The fraction of sp³-hybridized carbons (Fsp3) is 0.391. The first-order valence-corrected chi connectivity index (χ1v) is 12.1. The summed E-state index contributed by atoms with van der Waals surface area (Å²) in [7, 11) is 0. The van der Waals surface area contributed by atoms with E-state index in [0.717, 1.165) is 32.9 Å². The third-order valence-corrected chi connectivity index (χ3v) is 7.73. The summed E-state index contributed by atoms with van der Waals surface area (Å²) in [4.78, 5) is 22.9. The van der Waals surface area contributed by atoms with Crippen LogP contribution in [0.2, 0.25) is 0 Å². The number of halogens is 2. The molecule has 32 heavy (non-hydrogen) atoms. The lowest BCUT2D eigenvalue weighted by Crippen LogP contribution is -2.22. The molecular weight excluding hydrogens is 542 g/mol. The van der Waals surface area contributed by atoms with Gasteiger partial charge in [-0.1, -0.05) is 19.8 Å². The first-order valence-electron chi connectivity index (χ1n) is 10.5. The predicted octanol–water partition coefficient (Wildman–Crippen LogP) is 5.98. The van der Waals surface area contributed by atoms with Crippen LogP contribution in [-0.2, 0) is 11.4 Å². The van der Waals surface area contributed by atoms with Crippen molar-refractivity contribution in [3.8, 4) is 5.75 Å². The van der Waals surface area contributed by atoms with Crippen molar-refractivity contribution in [3.05, 3.63) is 66.6 Å². The van der Waals surface area contributed by atoms with Gasteiger partial charge in [-0.2, -0.15) is 5.10 Å². The number of nitrogens with one attached hydrogen (secondary N) is 1. The predicted molar refractivity (Wildman–Crippen MR) is 129 cm³/mol. The first kappa shape index (κ1) is 22.9. The Hall–Kier alpha value is -2.26. The van der Waals surface area contributed by atoms with Crippen LogP contribution in [0.5, 0.6) is 5.75 Å². The number of amides is 1. The quantitative estimate of drug-likeness (QED) is 0.254. The molecule has 168 valence electrons. The second kappa shape index (κ2) is 9.31. The molecule has 0 radical (unpaired) electrons. The van der Waals surface area contributed by atoms with Gasteiger partial charge in [0.1, 0.15) is 12.4 Å². The minimum absolute atomic E-state index is 0.0110. The minimum Gasteiger partial charge on any atom is -0.487 e. The zero-order chi connectivity index (χ0) is 22.9. The van der Waals surface area contributed by atoms with Gasteiger partial charge in [-0.3, -0.25) is 14.9 Å². The van der Waals surface area contributed by atoms with Crippen LogP contribution in [-0.4, -0.2) is 17.0 Å². The maximum atomic E-state index is 12.5. The van der Waals surface area contributed by atoms with E-state index in [1.807, 2.05) is 12.1 Å². The highest BCUT2D eigenvalue weighted by atomic mass is 79.9. The maximum Gasteiger partial charge on any atom is 0.269 e. The molecule has 0 spiro atoms. The summed E-state index contributed by atoms with van der Waals surface area (Å²) < 4.78 is 7.33. The lowest BCUT2D eigenvalue weighted by Gasteiger charge is -2.15. The van der Waals surface area contributed by atoms with E-state index < -0.39 is 4.92 Å². The first-order chi connectivity index (χ1) is 15.3. The highest BCUT2D eigenvalue weighted by Gasteiger charge is 2.64. The summed E-state index contributed by atoms with van der Waals surface area (Å²) in [5, 5.41) is 14.9. The van der Waals surface area contributed by atoms with Crippen LogP contribution in [0.4, 0.5) is 5.69 Å². The molecule has 0 aliphatic heterocycles. The fourth-order valence-electron chi connectivity index (χ4n) is 4.75. The Bertz CT molecular complexity index is 1050. The van der Waals surface area contributed by atoms with E-state index in [4.69, 9.17) is 4.74 Å². The number of hydrogen-bond donors (Lipinski definition) is 1. The number of benzene rings is 2. The number of nitro benzene ring substituents is 1. The Morgan fingerprint density at radius 3 is 2.56 bits per heavy atom. The molecule has 0 unspecified atom stereocenters. The van der Waals surface area contributed by atoms with Gasteiger partial charge in [0.2, 0.25) is 5.91 Å². The van der Waals surface area contributed by atoms with Crippen molar-refractivity contribution in [1.82, 2.24) is 5.43 Å². The van der Waals surface area contributed by atoms with Crippen LogP contribution in [0.1, 0.15) is 43.7 Å². The Morgan fingerprint density at radius 2 is 1.97 bits per heavy atom. The Kier molecular flexibility index (Phi) is 6.67. The summed E-state index contributed by atoms with van der Waals surface area (Å²) >= 11 is 7.02. The second-order valence-corrected chi connectivity index (χ2v) is 10.3. The standard InChI is InChI=1S/C23H23Br2N3O4/c1-23-9-3-2-4-17(23)20(23)22(29)27-26-12-15-10-18(24)21(19(25)11-15)32-13-14-5-7-16(8-6-14)28(30)31/h5-8,10-12,17,20H,2-4,9,13H2,1H3,(H,27,29)/b26-12-/t17-,20+,23+/m1/s1. The van der Waals surface area contributed by atoms with E-state index in [9.17, 15) is 14.9 Å². The van der Waals surface area contributed by atoms with E-state index in [-0.39, 0.29) is 29.5 Å². The molecular formula is C23H23Br2N3O4. The van der Waals surface area contributed by atoms with Crippen LogP contribution in [0.25, 0.3) is 0 Å². The normalized spacial score (nSPS) is 24.1. The number of hydrazone groups is 1. The van der Waals surface area contributed by atoms with Gasteiger partial charge in [0, 0.05) is 18.1 Å². The zero-order valence-corrected chi connectivity index (χ0v) is 20.7. The minimum atomic E-state index is -0.432. The van der Waals surface area contributed by atoms with E-state index in [1.54, 1.807) is 18.3 Å². The molecule has 4 rings (SSSR count). The van der Waals surface area contributed by atoms with Crippen LogP contribution >= 0.6 is 31.9 Å². The second-order valence-electron chi connectivity index (χ2n) is 8.60. The van der Waals surface area contributed by atoms with Crippen molar-refractivity contribution in [2.45, 2.75) is 39.2 Å². The van der Waals surface area contributed by atoms with Crippen molar-refractivity contribution in [2.75, 3.05) is 0 Å². The number of carbonyl (C=O) groups is 1. The lowest BCUT2D eigenvalue weighted by molar-refractivity contribution is -0.384. The summed E-state index contributed by atoms with van der Waals surface area (Å²) in [5.74, 6) is 1.20. The third kappa shape index (κ3) is 4.73. The number of carbonyl (C=O) groups excluding carboxylic acids is 1. The van der Waals surface area contributed by atoms with Crippen molar-refractivity contribution < 1.29 is 14.5 Å². The molecule has 1 amide bonds. The van der Waals surface area contributed by atoms with Crippen molar-refractivity contribution in [3.63, 3.8) is 0 Å². The van der Waals surface area contributed by atoms with Gasteiger partial charge in [-0.05, 0) is 91.4 Å². The van der Waals surface area contributed by atoms with Gasteiger partial charge >= 0.3 is 0 Å². The average Bonchev–Trinajstić information content (AvgIpc) is 3.39. The van der Waals surface area contributed by atoms with E-state index in [1.165, 1.54) is 25.0 Å². The summed E-state index contributed by atoms with van der Waals surface area (Å²) in [6.07, 6.45) is 6.30. The van der Waals surface area contributed by atoms with Crippen molar-refractivity contribution >= 4 is 49.7 Å². The zero-order valence-electron chi connectivity index (χ0n) is 17.5. The summed E-state index contributed by atoms with van der Waals surface area (Å²) in [6.45, 7) is 2.48. The third-order valence-electron chi connectivity index (χ3n) is 6.55. The maximum absolute atomic E-state index is 12.5. The number of nitro groups is 1. The monoisotopic (exact) mass is 563 g/mol. The molecule has 2 saturated carbocycles. The Labute approximate surface area is 203 Å². The molecule has 0 bridgehead atoms. The van der Waals surface area contributed by atoms with Gasteiger partial charge in [-0.25, -0.2) is 5.43 Å². The van der Waals surface area contributed by atoms with Gasteiger partial charge in [-0.15, -0.1) is 0 Å². The molecule has 2 fully saturated rings. The molecule has 0 heterocycles. The van der Waals surface area contributed by atoms with E-state index in [2.05, 4.69) is 49.3 Å². The molecule has 3 atom stereocenters. The van der Waals surface area contributed by atoms with Gasteiger partial charge < -0.3 is 4.74 Å². The number of non-ortho nitro benzene ring substituents is 1. The largest absolute Gasteiger partial charge is 0.487 e. The molecule has 2 aromatic rings. The van der Waals surface area contributed by atoms with Crippen LogP contribution in [0, 0.1) is 27.4 Å². The molecule has 2 aliphatic carbocycles. The number of nitrogens with zero attached hydrogens (tertiary/aromatic N) is 2. The van der Waals surface area contributed by atoms with Crippen LogP contribution in [0.3, 0.4) is 0 Å². The van der Waals surface area contributed by atoms with Crippen LogP contribution < -0.4 is 10.2 Å². The molecule has 0 saturated heterocycles. The molecule has 7 nitrogen and oxygen atoms in total. The summed E-state index contributed by atoms with van der Waals surface area (Å²) in [5.41, 5.74) is 4.52. The molecule has 2 aliphatic rings. The number of rotatable bonds is 7. The number of fused-ring (bicyclic) bond motifs is 1. The van der Waals surface area contributed by atoms with Gasteiger partial charge in [0.15, 0.2) is 0 Å². The molecule has 2 aromatic carbocycles. The summed E-state index contributed by atoms with van der Waals surface area (Å²) in [6, 6.07) is 9.94. The van der Waals surface area contributed by atoms with E-state index in [0.29, 0.717) is 11.7 Å². The van der Waals surface area contributed by atoms with E-state index >= 15 is 0 Å². The molecule has 1 N–H and O–H groups in total. The average molecular weight is 565 g/mol. The Morgan fingerprint density at radius 1 is 1.28 bits per heavy atom. The highest BCUT2D eigenvalue weighted by molar-refractivity contribution is 9.11. The van der Waals surface area contributed by atoms with Gasteiger partial charge in [0.05, 0.1) is 20.1 Å². The van der Waals surface area contributed by atoms with Crippen molar-refractivity contribution in [2.24, 2.45) is 22.4 Å².